The number of rotatable bonds is 16. The summed E-state index contributed by atoms with van der Waals surface area (Å²) in [4.78, 5) is 33.6. The molecular formula is C60H66FN15O11. The summed E-state index contributed by atoms with van der Waals surface area (Å²) in [6.07, 6.45) is 12.2. The van der Waals surface area contributed by atoms with Gasteiger partial charge in [-0.2, -0.15) is 30.6 Å². The molecule has 0 fully saturated rings. The number of fused-ring (bicyclic) bond motifs is 3. The highest BCUT2D eigenvalue weighted by Gasteiger charge is 2.34. The van der Waals surface area contributed by atoms with Gasteiger partial charge in [-0.1, -0.05) is 6.58 Å². The highest BCUT2D eigenvalue weighted by atomic mass is 19.1. The molecule has 4 N–H and O–H groups in total. The third kappa shape index (κ3) is 12.0. The van der Waals surface area contributed by atoms with Crippen LogP contribution in [0.5, 0.6) is 34.5 Å². The predicted molar refractivity (Wildman–Crippen MR) is 317 cm³/mol. The van der Waals surface area contributed by atoms with Crippen molar-refractivity contribution in [1.82, 2.24) is 59.9 Å². The zero-order valence-corrected chi connectivity index (χ0v) is 49.5. The third-order valence-corrected chi connectivity index (χ3v) is 16.4. The number of nitro groups is 2. The van der Waals surface area contributed by atoms with Crippen LogP contribution in [0.25, 0.3) is 34.2 Å². The van der Waals surface area contributed by atoms with E-state index in [1.807, 2.05) is 36.4 Å². The Hall–Kier alpha value is -10.3. The van der Waals surface area contributed by atoms with Gasteiger partial charge in [-0.15, -0.1) is 0 Å². The number of benzene rings is 3. The number of H-pyrrole nitrogens is 3. The summed E-state index contributed by atoms with van der Waals surface area (Å²) in [6.45, 7) is 3.49. The molecule has 87 heavy (non-hydrogen) atoms. The topological polar surface area (TPSA) is 310 Å². The molecule has 0 radical (unpaired) electrons. The summed E-state index contributed by atoms with van der Waals surface area (Å²) >= 11 is 0. The minimum absolute atomic E-state index is 0.0311. The van der Waals surface area contributed by atoms with Gasteiger partial charge in [-0.3, -0.25) is 54.4 Å². The van der Waals surface area contributed by atoms with Crippen LogP contribution in [-0.2, 0) is 64.5 Å². The Bertz CT molecular complexity index is 3830. The average Bonchev–Trinajstić information content (AvgIpc) is 2.11. The Kier molecular flexibility index (Phi) is 17.5. The van der Waals surface area contributed by atoms with E-state index >= 15 is 0 Å². The van der Waals surface area contributed by atoms with Gasteiger partial charge in [-0.05, 0) is 129 Å². The largest absolute Gasteiger partial charge is 0.497 e. The van der Waals surface area contributed by atoms with Gasteiger partial charge in [0.25, 0.3) is 0 Å². The number of carbonyl (C=O) groups is 1. The second-order valence-electron chi connectivity index (χ2n) is 21.2. The maximum absolute atomic E-state index is 15.0. The molecule has 3 aromatic carbocycles. The van der Waals surface area contributed by atoms with E-state index in [4.69, 9.17) is 28.4 Å². The van der Waals surface area contributed by atoms with Crippen molar-refractivity contribution in [1.29, 1.82) is 0 Å². The third-order valence-electron chi connectivity index (χ3n) is 16.4. The molecule has 3 atom stereocenters. The van der Waals surface area contributed by atoms with E-state index in [1.54, 1.807) is 79.7 Å². The van der Waals surface area contributed by atoms with Gasteiger partial charge in [0, 0.05) is 73.1 Å². The first kappa shape index (κ1) is 59.8. The Balaban J connectivity index is 0.000000145. The summed E-state index contributed by atoms with van der Waals surface area (Å²) in [7, 11) is 14.7. The second kappa shape index (κ2) is 25.5. The standard InChI is InChI=1S/C22H24FN5O3.2C19H21N5O4/c1-5-19(29)25-17-11-24-28(2)22(17)21-14-7-6-12(8-16(14)26-27-21)15-9-13(30-3)10-18(31-4)20(15)23;2*1-23-19(17(10-20-23)24(25)26)18-15-5-4-11(8-16(15)21-22-18)12-6-13(27-2)9-14(7-12)28-3/h5,9-12H,1,6-8H2,2-4H3,(H,25,29)(H,26,27);2*6-7,9-11H,4-5,8H2,1-3H3,(H,21,22). The zero-order valence-electron chi connectivity index (χ0n) is 49.5. The van der Waals surface area contributed by atoms with Crippen LogP contribution in [-0.4, -0.2) is 118 Å². The summed E-state index contributed by atoms with van der Waals surface area (Å²) in [5.74, 6) is 3.61. The van der Waals surface area contributed by atoms with Crippen LogP contribution < -0.4 is 33.7 Å². The number of aromatic amines is 3. The van der Waals surface area contributed by atoms with Gasteiger partial charge in [-0.25, -0.2) is 4.39 Å². The Morgan fingerprint density at radius 1 is 0.575 bits per heavy atom. The van der Waals surface area contributed by atoms with Crippen LogP contribution in [0.15, 0.2) is 79.8 Å². The first-order valence-electron chi connectivity index (χ1n) is 27.8. The van der Waals surface area contributed by atoms with Crippen LogP contribution in [0.4, 0.5) is 21.5 Å². The van der Waals surface area contributed by atoms with Crippen molar-refractivity contribution in [3.8, 4) is 68.7 Å². The first-order valence-corrected chi connectivity index (χ1v) is 27.8. The molecule has 0 saturated heterocycles. The van der Waals surface area contributed by atoms with Gasteiger partial charge in [0.1, 0.15) is 63.9 Å². The van der Waals surface area contributed by atoms with Crippen molar-refractivity contribution in [3.05, 3.63) is 156 Å². The van der Waals surface area contributed by atoms with E-state index in [0.29, 0.717) is 58.3 Å². The molecule has 3 unspecified atom stereocenters. The van der Waals surface area contributed by atoms with Crippen molar-refractivity contribution in [2.24, 2.45) is 21.1 Å². The van der Waals surface area contributed by atoms with E-state index in [9.17, 15) is 29.4 Å². The molecule has 0 saturated carbocycles. The number of halogens is 1. The SMILES string of the molecule is C=CC(=O)Nc1cnn(C)c1-c1n[nH]c2c1CCC(c1cc(OC)cc(OC)c1F)C2.COc1cc(OC)cc(C2CCc3c(-c4c([N+](=O)[O-])cnn4C)n[nH]c3C2)c1.COc1cc(OC)cc(C2CCc3c(-c4c([N+](=O)[O-])cnn4C)n[nH]c3C2)c1. The minimum atomic E-state index is -0.419. The first-order chi connectivity index (χ1) is 42.0. The number of amides is 1. The molecular weight excluding hydrogens is 1130 g/mol. The van der Waals surface area contributed by atoms with E-state index in [2.05, 4.69) is 57.8 Å². The fourth-order valence-corrected chi connectivity index (χ4v) is 11.9. The maximum atomic E-state index is 15.0. The molecule has 3 aliphatic rings. The van der Waals surface area contributed by atoms with Gasteiger partial charge in [0.05, 0.1) is 64.4 Å². The summed E-state index contributed by atoms with van der Waals surface area (Å²) in [5, 5.41) is 60.4. The van der Waals surface area contributed by atoms with Gasteiger partial charge in [0.15, 0.2) is 23.0 Å². The molecule has 12 rings (SSSR count). The lowest BCUT2D eigenvalue weighted by Crippen LogP contribution is -2.15. The lowest BCUT2D eigenvalue weighted by Gasteiger charge is -2.24. The van der Waals surface area contributed by atoms with Crippen molar-refractivity contribution in [3.63, 3.8) is 0 Å². The van der Waals surface area contributed by atoms with Crippen LogP contribution in [0, 0.1) is 26.0 Å². The maximum Gasteiger partial charge on any atom is 0.316 e. The summed E-state index contributed by atoms with van der Waals surface area (Å²) in [6, 6.07) is 15.1. The molecule has 3 aliphatic carbocycles. The summed E-state index contributed by atoms with van der Waals surface area (Å²) < 4.78 is 51.7. The van der Waals surface area contributed by atoms with Crippen molar-refractivity contribution in [2.45, 2.75) is 75.5 Å². The number of methoxy groups -OCH3 is 6. The lowest BCUT2D eigenvalue weighted by atomic mass is 9.81. The minimum Gasteiger partial charge on any atom is -0.497 e. The van der Waals surface area contributed by atoms with Crippen LogP contribution in [0.2, 0.25) is 0 Å². The number of aryl methyl sites for hydroxylation is 3. The Labute approximate surface area is 498 Å². The molecule has 454 valence electrons. The molecule has 1 amide bonds. The highest BCUT2D eigenvalue weighted by Crippen LogP contribution is 2.44. The molecule has 27 heteroatoms. The van der Waals surface area contributed by atoms with Gasteiger partial charge < -0.3 is 33.7 Å². The van der Waals surface area contributed by atoms with E-state index in [1.165, 1.54) is 34.9 Å². The van der Waals surface area contributed by atoms with E-state index in [0.717, 1.165) is 119 Å². The Morgan fingerprint density at radius 3 is 1.36 bits per heavy atom. The normalized spacial score (nSPS) is 15.7. The highest BCUT2D eigenvalue weighted by molar-refractivity contribution is 6.01. The number of anilines is 1. The van der Waals surface area contributed by atoms with Crippen molar-refractivity contribution in [2.75, 3.05) is 48.0 Å². The number of nitrogens with zero attached hydrogens (tertiary/aromatic N) is 11. The molecule has 0 bridgehead atoms. The van der Waals surface area contributed by atoms with Gasteiger partial charge in [0.2, 0.25) is 5.91 Å². The molecule has 6 aromatic heterocycles. The lowest BCUT2D eigenvalue weighted by molar-refractivity contribution is -0.384. The molecule has 9 aromatic rings. The fraction of sp³-hybridized carbons (Fsp3) is 0.350. The molecule has 26 nitrogen and oxygen atoms in total. The van der Waals surface area contributed by atoms with Crippen LogP contribution in [0.1, 0.15) is 87.5 Å². The number of hydrogen-bond donors (Lipinski definition) is 4. The van der Waals surface area contributed by atoms with Gasteiger partial charge >= 0.3 is 11.4 Å². The Morgan fingerprint density at radius 2 is 0.954 bits per heavy atom. The predicted octanol–water partition coefficient (Wildman–Crippen LogP) is 9.38. The second-order valence-corrected chi connectivity index (χ2v) is 21.2. The van der Waals surface area contributed by atoms with Crippen molar-refractivity contribution < 1.29 is 47.5 Å². The van der Waals surface area contributed by atoms with Crippen LogP contribution >= 0.6 is 0 Å². The zero-order chi connectivity index (χ0) is 61.8. The average molecular weight is 1190 g/mol. The van der Waals surface area contributed by atoms with Crippen LogP contribution in [0.3, 0.4) is 0 Å². The quantitative estimate of drug-likeness (QED) is 0.0397. The smallest absolute Gasteiger partial charge is 0.316 e. The number of carbonyl (C=O) groups excluding carboxylic acids is 1. The van der Waals surface area contributed by atoms with E-state index < -0.39 is 9.85 Å². The fourth-order valence-electron chi connectivity index (χ4n) is 11.9. The van der Waals surface area contributed by atoms with E-state index in [-0.39, 0.29) is 46.6 Å². The number of aromatic nitrogens is 12. The molecule has 0 aliphatic heterocycles. The summed E-state index contributed by atoms with van der Waals surface area (Å²) in [5.41, 5.74) is 12.9. The number of nitrogens with one attached hydrogen (secondary N) is 4. The van der Waals surface area contributed by atoms with Crippen molar-refractivity contribution >= 4 is 23.0 Å². The number of ether oxygens (including phenoxy) is 6. The molecule has 6 heterocycles. The monoisotopic (exact) mass is 1190 g/mol. The number of hydrogen-bond acceptors (Lipinski definition) is 17. The molecule has 0 spiro atoms.